The highest BCUT2D eigenvalue weighted by Gasteiger charge is 2.36. The Labute approximate surface area is 232 Å². The van der Waals surface area contributed by atoms with Crippen molar-refractivity contribution in [1.82, 2.24) is 9.80 Å². The highest BCUT2D eigenvalue weighted by atomic mass is 16.5. The Morgan fingerprint density at radius 2 is 0.784 bits per heavy atom. The van der Waals surface area contributed by atoms with Crippen LogP contribution < -0.4 is 0 Å². The Bertz CT molecular complexity index is 445. The standard InChI is InChI=1S/C33H66N2O2/c1-3-5-7-9-11-13-15-21-27-36-31-33(29-34-23-17-18-24-34,30-35-25-19-20-26-35)32-37-28-22-16-14-12-10-8-6-4-2/h3-32H2,1-2H3. The van der Waals surface area contributed by atoms with Gasteiger partial charge >= 0.3 is 0 Å². The lowest BCUT2D eigenvalue weighted by Crippen LogP contribution is -2.50. The number of unbranched alkanes of at least 4 members (excludes halogenated alkanes) is 14. The van der Waals surface area contributed by atoms with Crippen molar-refractivity contribution in [3.05, 3.63) is 0 Å². The Morgan fingerprint density at radius 3 is 1.14 bits per heavy atom. The van der Waals surface area contributed by atoms with E-state index in [9.17, 15) is 0 Å². The molecule has 0 aliphatic carbocycles. The summed E-state index contributed by atoms with van der Waals surface area (Å²) in [5.74, 6) is 0. The van der Waals surface area contributed by atoms with Gasteiger partial charge in [-0.05, 0) is 64.7 Å². The van der Waals surface area contributed by atoms with Crippen LogP contribution in [0.4, 0.5) is 0 Å². The van der Waals surface area contributed by atoms with Crippen LogP contribution in [0.25, 0.3) is 0 Å². The van der Waals surface area contributed by atoms with Gasteiger partial charge in [-0.2, -0.15) is 0 Å². The molecule has 2 aliphatic heterocycles. The maximum Gasteiger partial charge on any atom is 0.0569 e. The fourth-order valence-corrected chi connectivity index (χ4v) is 6.36. The van der Waals surface area contributed by atoms with Gasteiger partial charge in [0.2, 0.25) is 0 Å². The first-order valence-electron chi connectivity index (χ1n) is 16.9. The van der Waals surface area contributed by atoms with E-state index >= 15 is 0 Å². The van der Waals surface area contributed by atoms with Gasteiger partial charge in [-0.25, -0.2) is 0 Å². The van der Waals surface area contributed by atoms with Gasteiger partial charge in [-0.3, -0.25) is 0 Å². The summed E-state index contributed by atoms with van der Waals surface area (Å²) in [5.41, 5.74) is 0.120. The predicted molar refractivity (Wildman–Crippen MR) is 161 cm³/mol. The molecule has 0 saturated carbocycles. The molecule has 0 radical (unpaired) electrons. The lowest BCUT2D eigenvalue weighted by atomic mass is 9.88. The second-order valence-electron chi connectivity index (χ2n) is 12.5. The van der Waals surface area contributed by atoms with Crippen LogP contribution in [0.1, 0.15) is 142 Å². The minimum Gasteiger partial charge on any atom is -0.381 e. The fraction of sp³-hybridized carbons (Fsp3) is 1.00. The van der Waals surface area contributed by atoms with Gasteiger partial charge in [0, 0.05) is 31.7 Å². The summed E-state index contributed by atoms with van der Waals surface area (Å²) < 4.78 is 12.9. The lowest BCUT2D eigenvalue weighted by molar-refractivity contribution is -0.0526. The lowest BCUT2D eigenvalue weighted by Gasteiger charge is -2.39. The van der Waals surface area contributed by atoms with Gasteiger partial charge in [0.15, 0.2) is 0 Å². The Balaban J connectivity index is 1.75. The molecule has 0 N–H and O–H groups in total. The molecule has 0 aromatic heterocycles. The van der Waals surface area contributed by atoms with E-state index in [-0.39, 0.29) is 5.41 Å². The molecule has 220 valence electrons. The average molecular weight is 523 g/mol. The molecule has 0 aromatic rings. The van der Waals surface area contributed by atoms with Gasteiger partial charge < -0.3 is 19.3 Å². The van der Waals surface area contributed by atoms with E-state index in [4.69, 9.17) is 9.47 Å². The zero-order valence-electron chi connectivity index (χ0n) is 25.4. The average Bonchev–Trinajstić information content (AvgIpc) is 3.61. The minimum absolute atomic E-state index is 0.120. The van der Waals surface area contributed by atoms with Crippen molar-refractivity contribution in [2.24, 2.45) is 5.41 Å². The molecule has 2 rings (SSSR count). The molecule has 0 unspecified atom stereocenters. The molecule has 2 heterocycles. The first-order chi connectivity index (χ1) is 18.3. The van der Waals surface area contributed by atoms with E-state index < -0.39 is 0 Å². The second kappa shape index (κ2) is 22.6. The number of hydrogen-bond donors (Lipinski definition) is 0. The molecule has 37 heavy (non-hydrogen) atoms. The Morgan fingerprint density at radius 1 is 0.459 bits per heavy atom. The summed E-state index contributed by atoms with van der Waals surface area (Å²) in [6.07, 6.45) is 27.2. The van der Waals surface area contributed by atoms with Crippen molar-refractivity contribution in [3.8, 4) is 0 Å². The molecule has 0 atom stereocenters. The summed E-state index contributed by atoms with van der Waals surface area (Å²) in [6, 6.07) is 0. The Kier molecular flexibility index (Phi) is 20.2. The van der Waals surface area contributed by atoms with E-state index in [1.54, 1.807) is 0 Å². The molecule has 0 aromatic carbocycles. The molecule has 2 saturated heterocycles. The van der Waals surface area contributed by atoms with Crippen molar-refractivity contribution in [2.45, 2.75) is 142 Å². The van der Waals surface area contributed by atoms with E-state index in [2.05, 4.69) is 23.6 Å². The van der Waals surface area contributed by atoms with Crippen molar-refractivity contribution >= 4 is 0 Å². The van der Waals surface area contributed by atoms with Crippen LogP contribution in [0.2, 0.25) is 0 Å². The highest BCUT2D eigenvalue weighted by Crippen LogP contribution is 2.27. The number of nitrogens with zero attached hydrogens (tertiary/aromatic N) is 2. The molecule has 0 bridgehead atoms. The molecule has 2 fully saturated rings. The van der Waals surface area contributed by atoms with E-state index in [1.807, 2.05) is 0 Å². The van der Waals surface area contributed by atoms with Gasteiger partial charge in [0.05, 0.1) is 13.2 Å². The third-order valence-electron chi connectivity index (χ3n) is 8.62. The molecule has 4 heteroatoms. The quantitative estimate of drug-likeness (QED) is 0.106. The smallest absolute Gasteiger partial charge is 0.0569 e. The summed E-state index contributed by atoms with van der Waals surface area (Å²) in [5, 5.41) is 0. The molecule has 0 spiro atoms. The summed E-state index contributed by atoms with van der Waals surface area (Å²) in [6.45, 7) is 15.5. The number of likely N-dealkylation sites (tertiary alicyclic amines) is 2. The normalized spacial score (nSPS) is 17.4. The van der Waals surface area contributed by atoms with Gasteiger partial charge in [0.1, 0.15) is 0 Å². The predicted octanol–water partition coefficient (Wildman–Crippen LogP) is 8.48. The topological polar surface area (TPSA) is 24.9 Å². The third-order valence-corrected chi connectivity index (χ3v) is 8.62. The first-order valence-corrected chi connectivity index (χ1v) is 16.9. The van der Waals surface area contributed by atoms with Crippen molar-refractivity contribution in [1.29, 1.82) is 0 Å². The monoisotopic (exact) mass is 523 g/mol. The zero-order chi connectivity index (χ0) is 26.3. The SMILES string of the molecule is CCCCCCCCCCOCC(COCCCCCCCCCC)(CN1CCCC1)CN1CCCC1. The van der Waals surface area contributed by atoms with Gasteiger partial charge in [0.25, 0.3) is 0 Å². The van der Waals surface area contributed by atoms with E-state index in [0.717, 1.165) is 39.5 Å². The van der Waals surface area contributed by atoms with Crippen LogP contribution in [0.5, 0.6) is 0 Å². The largest absolute Gasteiger partial charge is 0.381 e. The molecule has 4 nitrogen and oxygen atoms in total. The first kappa shape index (κ1) is 33.0. The molecular formula is C33H66N2O2. The van der Waals surface area contributed by atoms with E-state index in [0.29, 0.717) is 0 Å². The number of rotatable bonds is 26. The van der Waals surface area contributed by atoms with Crippen molar-refractivity contribution < 1.29 is 9.47 Å². The number of ether oxygens (including phenoxy) is 2. The molecular weight excluding hydrogens is 456 g/mol. The maximum absolute atomic E-state index is 6.47. The van der Waals surface area contributed by atoms with Crippen LogP contribution in [0, 0.1) is 5.41 Å². The summed E-state index contributed by atoms with van der Waals surface area (Å²) in [4.78, 5) is 5.41. The summed E-state index contributed by atoms with van der Waals surface area (Å²) >= 11 is 0. The fourth-order valence-electron chi connectivity index (χ4n) is 6.36. The van der Waals surface area contributed by atoms with Crippen LogP contribution in [-0.2, 0) is 9.47 Å². The van der Waals surface area contributed by atoms with Crippen LogP contribution >= 0.6 is 0 Å². The van der Waals surface area contributed by atoms with Gasteiger partial charge in [-0.1, -0.05) is 104 Å². The molecule has 0 amide bonds. The maximum atomic E-state index is 6.47. The zero-order valence-corrected chi connectivity index (χ0v) is 25.4. The van der Waals surface area contributed by atoms with Crippen molar-refractivity contribution in [3.63, 3.8) is 0 Å². The van der Waals surface area contributed by atoms with Gasteiger partial charge in [-0.15, -0.1) is 0 Å². The second-order valence-corrected chi connectivity index (χ2v) is 12.5. The van der Waals surface area contributed by atoms with E-state index in [1.165, 1.54) is 155 Å². The summed E-state index contributed by atoms with van der Waals surface area (Å²) in [7, 11) is 0. The number of hydrogen-bond acceptors (Lipinski definition) is 4. The molecule has 2 aliphatic rings. The highest BCUT2D eigenvalue weighted by molar-refractivity contribution is 4.89. The third kappa shape index (κ3) is 16.5. The Hall–Kier alpha value is -0.160. The van der Waals surface area contributed by atoms with Crippen molar-refractivity contribution in [2.75, 3.05) is 65.7 Å². The minimum atomic E-state index is 0.120. The van der Waals surface area contributed by atoms with Crippen LogP contribution in [0.3, 0.4) is 0 Å². The van der Waals surface area contributed by atoms with Crippen LogP contribution in [-0.4, -0.2) is 75.5 Å². The van der Waals surface area contributed by atoms with Crippen LogP contribution in [0.15, 0.2) is 0 Å².